The van der Waals surface area contributed by atoms with Crippen molar-refractivity contribution in [1.82, 2.24) is 19.1 Å². The molecule has 130 valence electrons. The Bertz CT molecular complexity index is 1020. The first-order valence-electron chi connectivity index (χ1n) is 8.54. The van der Waals surface area contributed by atoms with E-state index in [1.165, 1.54) is 0 Å². The second-order valence-corrected chi connectivity index (χ2v) is 6.44. The number of hydrogen-bond acceptors (Lipinski definition) is 2. The number of H-pyrrole nitrogens is 1. The van der Waals surface area contributed by atoms with Gasteiger partial charge in [-0.05, 0) is 37.5 Å². The SMILES string of the molecule is C=C/C=C\c1c(C(C)CC)n(-c2cnc3[nH]c(C)cc3c2)c(=O)n1C. The Morgan fingerprint density at radius 1 is 1.40 bits per heavy atom. The minimum absolute atomic E-state index is 0.0626. The van der Waals surface area contributed by atoms with Crippen LogP contribution in [0.4, 0.5) is 0 Å². The first kappa shape index (κ1) is 17.0. The first-order chi connectivity index (χ1) is 12.0. The highest BCUT2D eigenvalue weighted by Gasteiger charge is 2.21. The van der Waals surface area contributed by atoms with E-state index in [1.54, 1.807) is 28.5 Å². The molecule has 0 saturated heterocycles. The Hall–Kier alpha value is -2.82. The molecule has 0 fully saturated rings. The fourth-order valence-corrected chi connectivity index (χ4v) is 3.18. The zero-order valence-electron chi connectivity index (χ0n) is 15.2. The van der Waals surface area contributed by atoms with Crippen molar-refractivity contribution in [3.63, 3.8) is 0 Å². The Morgan fingerprint density at radius 3 is 2.84 bits per heavy atom. The van der Waals surface area contributed by atoms with Gasteiger partial charge in [0.2, 0.25) is 0 Å². The van der Waals surface area contributed by atoms with E-state index in [-0.39, 0.29) is 11.6 Å². The molecule has 0 bridgehead atoms. The summed E-state index contributed by atoms with van der Waals surface area (Å²) in [6.45, 7) is 10.00. The second kappa shape index (κ2) is 6.59. The molecular formula is C20H24N4O. The van der Waals surface area contributed by atoms with Crippen LogP contribution in [0, 0.1) is 6.92 Å². The van der Waals surface area contributed by atoms with Gasteiger partial charge in [-0.15, -0.1) is 0 Å². The molecule has 5 heteroatoms. The van der Waals surface area contributed by atoms with Crippen LogP contribution < -0.4 is 5.69 Å². The van der Waals surface area contributed by atoms with Crippen molar-refractivity contribution in [2.75, 3.05) is 0 Å². The van der Waals surface area contributed by atoms with Crippen LogP contribution in [-0.4, -0.2) is 19.1 Å². The normalized spacial score (nSPS) is 13.0. The van der Waals surface area contributed by atoms with Crippen LogP contribution >= 0.6 is 0 Å². The first-order valence-corrected chi connectivity index (χ1v) is 8.54. The number of pyridine rings is 1. The van der Waals surface area contributed by atoms with Gasteiger partial charge in [-0.1, -0.05) is 32.6 Å². The molecule has 0 aromatic carbocycles. The van der Waals surface area contributed by atoms with E-state index >= 15 is 0 Å². The Morgan fingerprint density at radius 2 is 2.16 bits per heavy atom. The van der Waals surface area contributed by atoms with Crippen molar-refractivity contribution in [3.8, 4) is 5.69 Å². The van der Waals surface area contributed by atoms with Gasteiger partial charge in [0.05, 0.1) is 23.3 Å². The topological polar surface area (TPSA) is 55.6 Å². The zero-order chi connectivity index (χ0) is 18.1. The van der Waals surface area contributed by atoms with Gasteiger partial charge in [0.25, 0.3) is 0 Å². The fourth-order valence-electron chi connectivity index (χ4n) is 3.18. The molecule has 3 aromatic rings. The van der Waals surface area contributed by atoms with Gasteiger partial charge >= 0.3 is 5.69 Å². The Kier molecular flexibility index (Phi) is 4.49. The molecule has 1 N–H and O–H groups in total. The quantitative estimate of drug-likeness (QED) is 0.714. The van der Waals surface area contributed by atoms with Crippen LogP contribution in [0.1, 0.15) is 43.3 Å². The summed E-state index contributed by atoms with van der Waals surface area (Å²) in [5.41, 5.74) is 4.53. The van der Waals surface area contributed by atoms with Crippen molar-refractivity contribution < 1.29 is 0 Å². The molecule has 0 amide bonds. The van der Waals surface area contributed by atoms with Gasteiger partial charge in [-0.2, -0.15) is 0 Å². The van der Waals surface area contributed by atoms with E-state index in [2.05, 4.69) is 30.4 Å². The third-order valence-electron chi connectivity index (χ3n) is 4.66. The fraction of sp³-hybridized carbons (Fsp3) is 0.300. The van der Waals surface area contributed by atoms with Crippen molar-refractivity contribution in [2.24, 2.45) is 7.05 Å². The van der Waals surface area contributed by atoms with Gasteiger partial charge in [0.15, 0.2) is 0 Å². The summed E-state index contributed by atoms with van der Waals surface area (Å²) in [5.74, 6) is 0.238. The van der Waals surface area contributed by atoms with Crippen molar-refractivity contribution in [3.05, 3.63) is 64.6 Å². The summed E-state index contributed by atoms with van der Waals surface area (Å²) < 4.78 is 3.47. The lowest BCUT2D eigenvalue weighted by Gasteiger charge is -2.14. The van der Waals surface area contributed by atoms with E-state index in [1.807, 2.05) is 31.2 Å². The maximum Gasteiger partial charge on any atom is 0.333 e. The third kappa shape index (κ3) is 2.86. The molecule has 0 aliphatic carbocycles. The summed E-state index contributed by atoms with van der Waals surface area (Å²) in [7, 11) is 1.81. The standard InChI is InChI=1S/C20H24N4O/c1-6-8-9-17-18(13(3)7-2)24(20(25)23(17)5)16-11-15-10-14(4)22-19(15)21-12-16/h6,8-13H,1,7H2,2-5H3,(H,21,22)/b9-8-. The van der Waals surface area contributed by atoms with Crippen LogP contribution in [0.25, 0.3) is 22.8 Å². The number of nitrogens with one attached hydrogen (secondary N) is 1. The third-order valence-corrected chi connectivity index (χ3v) is 4.66. The number of imidazole rings is 1. The predicted octanol–water partition coefficient (Wildman–Crippen LogP) is 4.07. The van der Waals surface area contributed by atoms with Crippen molar-refractivity contribution >= 4 is 17.1 Å². The minimum atomic E-state index is -0.0626. The van der Waals surface area contributed by atoms with Gasteiger partial charge in [-0.25, -0.2) is 9.78 Å². The molecule has 0 aliphatic heterocycles. The molecule has 3 heterocycles. The molecule has 1 unspecified atom stereocenters. The van der Waals surface area contributed by atoms with E-state index in [0.717, 1.165) is 40.2 Å². The highest BCUT2D eigenvalue weighted by Crippen LogP contribution is 2.27. The molecule has 0 spiro atoms. The number of fused-ring (bicyclic) bond motifs is 1. The lowest BCUT2D eigenvalue weighted by molar-refractivity contribution is 0.683. The molecule has 1 atom stereocenters. The highest BCUT2D eigenvalue weighted by atomic mass is 16.1. The monoisotopic (exact) mass is 336 g/mol. The number of aromatic amines is 1. The number of aryl methyl sites for hydroxylation is 1. The van der Waals surface area contributed by atoms with Gasteiger partial charge in [0, 0.05) is 18.1 Å². The average molecular weight is 336 g/mol. The number of nitrogens with zero attached hydrogens (tertiary/aromatic N) is 3. The molecule has 3 aromatic heterocycles. The van der Waals surface area contributed by atoms with Gasteiger partial charge < -0.3 is 4.98 Å². The lowest BCUT2D eigenvalue weighted by atomic mass is 10.0. The van der Waals surface area contributed by atoms with Crippen molar-refractivity contribution in [2.45, 2.75) is 33.1 Å². The summed E-state index contributed by atoms with van der Waals surface area (Å²) >= 11 is 0. The van der Waals surface area contributed by atoms with E-state index in [9.17, 15) is 4.79 Å². The second-order valence-electron chi connectivity index (χ2n) is 6.44. The maximum absolute atomic E-state index is 13.0. The average Bonchev–Trinajstić information content (AvgIpc) is 3.09. The molecule has 25 heavy (non-hydrogen) atoms. The summed E-state index contributed by atoms with van der Waals surface area (Å²) in [6, 6.07) is 4.06. The van der Waals surface area contributed by atoms with Gasteiger partial charge in [0.1, 0.15) is 5.65 Å². The Labute approximate surface area is 147 Å². The number of rotatable bonds is 5. The van der Waals surface area contributed by atoms with Crippen molar-refractivity contribution in [1.29, 1.82) is 0 Å². The van der Waals surface area contributed by atoms with Crippen LogP contribution in [0.2, 0.25) is 0 Å². The van der Waals surface area contributed by atoms with Crippen LogP contribution in [0.3, 0.4) is 0 Å². The van der Waals surface area contributed by atoms with Gasteiger partial charge in [-0.3, -0.25) is 9.13 Å². The smallest absolute Gasteiger partial charge is 0.333 e. The van der Waals surface area contributed by atoms with E-state index in [0.29, 0.717) is 0 Å². The van der Waals surface area contributed by atoms with E-state index in [4.69, 9.17) is 0 Å². The number of hydrogen-bond donors (Lipinski definition) is 1. The largest absolute Gasteiger partial charge is 0.344 e. The summed E-state index contributed by atoms with van der Waals surface area (Å²) in [6.07, 6.45) is 8.23. The highest BCUT2D eigenvalue weighted by molar-refractivity contribution is 5.78. The Balaban J connectivity index is 2.31. The summed E-state index contributed by atoms with van der Waals surface area (Å²) in [4.78, 5) is 20.7. The maximum atomic E-state index is 13.0. The van der Waals surface area contributed by atoms with E-state index < -0.39 is 0 Å². The summed E-state index contributed by atoms with van der Waals surface area (Å²) in [5, 5.41) is 1.00. The lowest BCUT2D eigenvalue weighted by Crippen LogP contribution is -2.22. The van der Waals surface area contributed by atoms with Crippen LogP contribution in [-0.2, 0) is 7.05 Å². The number of allylic oxidation sites excluding steroid dienone is 2. The van der Waals surface area contributed by atoms with Crippen LogP contribution in [0.15, 0.2) is 41.9 Å². The molecule has 5 nitrogen and oxygen atoms in total. The predicted molar refractivity (Wildman–Crippen MR) is 103 cm³/mol. The molecule has 0 saturated carbocycles. The molecular weight excluding hydrogens is 312 g/mol. The minimum Gasteiger partial charge on any atom is -0.344 e. The molecule has 0 radical (unpaired) electrons. The van der Waals surface area contributed by atoms with Crippen LogP contribution in [0.5, 0.6) is 0 Å². The number of aromatic nitrogens is 4. The molecule has 3 rings (SSSR count). The zero-order valence-corrected chi connectivity index (χ0v) is 15.2. The molecule has 0 aliphatic rings.